The van der Waals surface area contributed by atoms with Crippen LogP contribution in [-0.2, 0) is 9.47 Å². The van der Waals surface area contributed by atoms with E-state index < -0.39 is 0 Å². The van der Waals surface area contributed by atoms with Gasteiger partial charge in [0, 0.05) is 33.3 Å². The van der Waals surface area contributed by atoms with Crippen LogP contribution in [0.2, 0.25) is 0 Å². The number of rotatable bonds is 4. The van der Waals surface area contributed by atoms with Gasteiger partial charge in [0.2, 0.25) is 0 Å². The van der Waals surface area contributed by atoms with Crippen LogP contribution < -0.4 is 5.32 Å². The van der Waals surface area contributed by atoms with Crippen LogP contribution in [0, 0.1) is 0 Å². The number of nitrogens with one attached hydrogen (secondary N) is 1. The first-order valence-corrected chi connectivity index (χ1v) is 9.23. The highest BCUT2D eigenvalue weighted by molar-refractivity contribution is 5.80. The largest absolute Gasteiger partial charge is 0.375 e. The summed E-state index contributed by atoms with van der Waals surface area (Å²) in [6.07, 6.45) is 11.5. The number of aliphatic imine (C=N–C) groups is 1. The molecule has 23 heavy (non-hydrogen) atoms. The molecule has 0 amide bonds. The SMILES string of the molecule is CN=C(NCCC1=CCCCC1)N1CCOC(C2CCCO2)C1. The third-order valence-corrected chi connectivity index (χ3v) is 5.10. The van der Waals surface area contributed by atoms with Gasteiger partial charge in [0.15, 0.2) is 5.96 Å². The van der Waals surface area contributed by atoms with Gasteiger partial charge in [-0.3, -0.25) is 4.99 Å². The summed E-state index contributed by atoms with van der Waals surface area (Å²) in [4.78, 5) is 6.80. The minimum Gasteiger partial charge on any atom is -0.375 e. The van der Waals surface area contributed by atoms with E-state index in [9.17, 15) is 0 Å². The molecule has 0 aromatic carbocycles. The van der Waals surface area contributed by atoms with E-state index in [1.807, 2.05) is 7.05 Å². The molecule has 0 bridgehead atoms. The summed E-state index contributed by atoms with van der Waals surface area (Å²) in [6.45, 7) is 4.40. The normalized spacial score (nSPS) is 29.5. The minimum absolute atomic E-state index is 0.186. The van der Waals surface area contributed by atoms with E-state index >= 15 is 0 Å². The van der Waals surface area contributed by atoms with Crippen molar-refractivity contribution in [3.05, 3.63) is 11.6 Å². The van der Waals surface area contributed by atoms with Gasteiger partial charge in [0.05, 0.1) is 12.7 Å². The smallest absolute Gasteiger partial charge is 0.193 e. The van der Waals surface area contributed by atoms with Gasteiger partial charge in [-0.05, 0) is 44.9 Å². The van der Waals surface area contributed by atoms with Crippen LogP contribution in [0.3, 0.4) is 0 Å². The number of guanidine groups is 1. The summed E-state index contributed by atoms with van der Waals surface area (Å²) in [5.74, 6) is 1.01. The fraction of sp³-hybridized carbons (Fsp3) is 0.833. The van der Waals surface area contributed by atoms with Gasteiger partial charge in [-0.1, -0.05) is 11.6 Å². The molecule has 0 aromatic heterocycles. The van der Waals surface area contributed by atoms with Crippen LogP contribution in [0.25, 0.3) is 0 Å². The molecule has 2 saturated heterocycles. The number of allylic oxidation sites excluding steroid dienone is 1. The zero-order valence-electron chi connectivity index (χ0n) is 14.4. The maximum absolute atomic E-state index is 5.93. The lowest BCUT2D eigenvalue weighted by Crippen LogP contribution is -2.53. The van der Waals surface area contributed by atoms with E-state index in [4.69, 9.17) is 9.47 Å². The van der Waals surface area contributed by atoms with Crippen LogP contribution >= 0.6 is 0 Å². The molecule has 2 atom stereocenters. The number of morpholine rings is 1. The second-order valence-corrected chi connectivity index (χ2v) is 6.74. The average molecular weight is 321 g/mol. The molecule has 2 heterocycles. The molecule has 0 radical (unpaired) electrons. The van der Waals surface area contributed by atoms with Crippen molar-refractivity contribution in [3.63, 3.8) is 0 Å². The van der Waals surface area contributed by atoms with E-state index in [0.29, 0.717) is 0 Å². The Bertz CT molecular complexity index is 430. The number of ether oxygens (including phenoxy) is 2. The molecule has 1 N–H and O–H groups in total. The van der Waals surface area contributed by atoms with Crippen LogP contribution in [0.1, 0.15) is 44.9 Å². The van der Waals surface area contributed by atoms with E-state index in [-0.39, 0.29) is 12.2 Å². The van der Waals surface area contributed by atoms with Crippen LogP contribution in [0.15, 0.2) is 16.6 Å². The highest BCUT2D eigenvalue weighted by Crippen LogP contribution is 2.21. The second kappa shape index (κ2) is 8.69. The molecule has 2 aliphatic heterocycles. The molecular formula is C18H31N3O2. The van der Waals surface area contributed by atoms with Crippen molar-refractivity contribution < 1.29 is 9.47 Å². The van der Waals surface area contributed by atoms with Gasteiger partial charge in [-0.2, -0.15) is 0 Å². The van der Waals surface area contributed by atoms with E-state index in [2.05, 4.69) is 21.3 Å². The molecule has 0 saturated carbocycles. The van der Waals surface area contributed by atoms with Crippen molar-refractivity contribution >= 4 is 5.96 Å². The molecule has 0 spiro atoms. The van der Waals surface area contributed by atoms with E-state index in [1.165, 1.54) is 25.7 Å². The fourth-order valence-electron chi connectivity index (χ4n) is 3.79. The molecule has 1 aliphatic carbocycles. The first-order valence-electron chi connectivity index (χ1n) is 9.23. The molecule has 3 aliphatic rings. The maximum atomic E-state index is 5.93. The summed E-state index contributed by atoms with van der Waals surface area (Å²) >= 11 is 0. The standard InChI is InChI=1S/C18H31N3O2/c1-19-18(20-10-9-15-6-3-2-4-7-15)21-11-13-23-17(14-21)16-8-5-12-22-16/h6,16-17H,2-5,7-14H2,1H3,(H,19,20). The highest BCUT2D eigenvalue weighted by Gasteiger charge is 2.32. The molecule has 3 rings (SSSR count). The Labute approximate surface area is 140 Å². The maximum Gasteiger partial charge on any atom is 0.193 e. The quantitative estimate of drug-likeness (QED) is 0.490. The first kappa shape index (κ1) is 16.8. The van der Waals surface area contributed by atoms with Crippen molar-refractivity contribution in [1.82, 2.24) is 10.2 Å². The fourth-order valence-corrected chi connectivity index (χ4v) is 3.79. The molecular weight excluding hydrogens is 290 g/mol. The monoisotopic (exact) mass is 321 g/mol. The number of hydrogen-bond acceptors (Lipinski definition) is 3. The molecule has 2 fully saturated rings. The predicted molar refractivity (Wildman–Crippen MR) is 92.8 cm³/mol. The Hall–Kier alpha value is -1.07. The summed E-state index contributed by atoms with van der Waals surface area (Å²) in [5, 5.41) is 3.54. The molecule has 130 valence electrons. The van der Waals surface area contributed by atoms with Gasteiger partial charge >= 0.3 is 0 Å². The third kappa shape index (κ3) is 4.70. The lowest BCUT2D eigenvalue weighted by molar-refractivity contribution is -0.0816. The second-order valence-electron chi connectivity index (χ2n) is 6.74. The summed E-state index contributed by atoms with van der Waals surface area (Å²) < 4.78 is 11.7. The van der Waals surface area contributed by atoms with Crippen molar-refractivity contribution in [2.45, 2.75) is 57.2 Å². The highest BCUT2D eigenvalue weighted by atomic mass is 16.5. The van der Waals surface area contributed by atoms with E-state index in [0.717, 1.165) is 58.1 Å². The number of nitrogens with zero attached hydrogens (tertiary/aromatic N) is 2. The van der Waals surface area contributed by atoms with Crippen LogP contribution in [-0.4, -0.2) is 63.0 Å². The van der Waals surface area contributed by atoms with Crippen molar-refractivity contribution in [3.8, 4) is 0 Å². The van der Waals surface area contributed by atoms with Gasteiger partial charge in [-0.15, -0.1) is 0 Å². The van der Waals surface area contributed by atoms with Gasteiger partial charge in [0.1, 0.15) is 6.10 Å². The average Bonchev–Trinajstić information content (AvgIpc) is 3.14. The summed E-state index contributed by atoms with van der Waals surface area (Å²) in [5.41, 5.74) is 1.61. The Balaban J connectivity index is 1.46. The predicted octanol–water partition coefficient (Wildman–Crippen LogP) is 2.33. The zero-order valence-corrected chi connectivity index (χ0v) is 14.4. The third-order valence-electron chi connectivity index (χ3n) is 5.10. The lowest BCUT2D eigenvalue weighted by atomic mass is 9.97. The van der Waals surface area contributed by atoms with Crippen molar-refractivity contribution in [2.75, 3.05) is 39.9 Å². The van der Waals surface area contributed by atoms with Gasteiger partial charge in [0.25, 0.3) is 0 Å². The Morgan fingerprint density at radius 2 is 2.17 bits per heavy atom. The van der Waals surface area contributed by atoms with Gasteiger partial charge < -0.3 is 19.7 Å². The van der Waals surface area contributed by atoms with Crippen molar-refractivity contribution in [1.29, 1.82) is 0 Å². The Morgan fingerprint density at radius 1 is 1.26 bits per heavy atom. The lowest BCUT2D eigenvalue weighted by Gasteiger charge is -2.37. The number of hydrogen-bond donors (Lipinski definition) is 1. The Kier molecular flexibility index (Phi) is 6.34. The zero-order chi connectivity index (χ0) is 15.9. The molecule has 5 heteroatoms. The minimum atomic E-state index is 0.186. The Morgan fingerprint density at radius 3 is 2.91 bits per heavy atom. The summed E-state index contributed by atoms with van der Waals surface area (Å²) in [6, 6.07) is 0. The van der Waals surface area contributed by atoms with Crippen LogP contribution in [0.5, 0.6) is 0 Å². The van der Waals surface area contributed by atoms with Gasteiger partial charge in [-0.25, -0.2) is 0 Å². The molecule has 0 aromatic rings. The first-order chi connectivity index (χ1) is 11.4. The summed E-state index contributed by atoms with van der Waals surface area (Å²) in [7, 11) is 1.87. The van der Waals surface area contributed by atoms with E-state index in [1.54, 1.807) is 5.57 Å². The molecule has 5 nitrogen and oxygen atoms in total. The van der Waals surface area contributed by atoms with Crippen molar-refractivity contribution in [2.24, 2.45) is 4.99 Å². The molecule has 2 unspecified atom stereocenters. The topological polar surface area (TPSA) is 46.1 Å². The van der Waals surface area contributed by atoms with Crippen LogP contribution in [0.4, 0.5) is 0 Å².